The number of phenolic OH excluding ortho intramolecular Hbond substituents is 1. The van der Waals surface area contributed by atoms with Crippen LogP contribution >= 0.6 is 23.2 Å². The Morgan fingerprint density at radius 2 is 2.12 bits per heavy atom. The summed E-state index contributed by atoms with van der Waals surface area (Å²) < 4.78 is 20.1. The molecule has 1 atom stereocenters. The molecule has 5 nitrogen and oxygen atoms in total. The van der Waals surface area contributed by atoms with E-state index in [0.29, 0.717) is 19.6 Å². The van der Waals surface area contributed by atoms with Crippen LogP contribution in [0.25, 0.3) is 11.1 Å². The number of halogens is 3. The van der Waals surface area contributed by atoms with Gasteiger partial charge in [-0.1, -0.05) is 29.3 Å². The van der Waals surface area contributed by atoms with Crippen molar-refractivity contribution in [3.63, 3.8) is 0 Å². The Kier molecular flexibility index (Phi) is 4.42. The number of ether oxygens (including phenoxy) is 1. The minimum Gasteiger partial charge on any atom is -0.507 e. The molecule has 0 bridgehead atoms. The lowest BCUT2D eigenvalue weighted by atomic mass is 10.0. The highest BCUT2D eigenvalue weighted by Crippen LogP contribution is 2.47. The number of carbonyl (C=O) groups excluding carboxylic acids is 1. The number of nitrogens with zero attached hydrogens (tertiary/aromatic N) is 1. The standard InChI is InChI=1S/C18H15Cl2FN2O3/c19-11-6-10-17(26-8-9-7-22-4-5-23(9)18(10)25)16(20)14(11)15-12(21)2-1-3-13(15)24/h1-3,6,9,22,24H,4-5,7-8H2/t9-/m1/s1. The molecule has 0 saturated carbocycles. The summed E-state index contributed by atoms with van der Waals surface area (Å²) in [7, 11) is 0. The molecule has 0 unspecified atom stereocenters. The summed E-state index contributed by atoms with van der Waals surface area (Å²) in [6.45, 7) is 2.12. The second-order valence-electron chi connectivity index (χ2n) is 6.23. The van der Waals surface area contributed by atoms with Crippen molar-refractivity contribution in [2.24, 2.45) is 0 Å². The Morgan fingerprint density at radius 1 is 1.31 bits per heavy atom. The van der Waals surface area contributed by atoms with Crippen molar-refractivity contribution in [1.82, 2.24) is 10.2 Å². The third-order valence-corrected chi connectivity index (χ3v) is 5.34. The molecule has 2 heterocycles. The van der Waals surface area contributed by atoms with Crippen LogP contribution in [-0.4, -0.2) is 48.2 Å². The van der Waals surface area contributed by atoms with Crippen molar-refractivity contribution in [3.05, 3.63) is 45.7 Å². The predicted molar refractivity (Wildman–Crippen MR) is 96.7 cm³/mol. The van der Waals surface area contributed by atoms with Gasteiger partial charge in [-0.2, -0.15) is 0 Å². The van der Waals surface area contributed by atoms with Crippen molar-refractivity contribution in [1.29, 1.82) is 0 Å². The Labute approximate surface area is 159 Å². The molecule has 2 aliphatic rings. The molecule has 0 radical (unpaired) electrons. The number of amides is 1. The average molecular weight is 397 g/mol. The van der Waals surface area contributed by atoms with Gasteiger partial charge in [-0.15, -0.1) is 0 Å². The molecular formula is C18H15Cl2FN2O3. The molecule has 1 fully saturated rings. The summed E-state index contributed by atoms with van der Waals surface area (Å²) in [5.41, 5.74) is 0.224. The van der Waals surface area contributed by atoms with Gasteiger partial charge in [-0.3, -0.25) is 4.79 Å². The van der Waals surface area contributed by atoms with Crippen LogP contribution in [0.2, 0.25) is 10.0 Å². The first-order chi connectivity index (χ1) is 12.5. The fourth-order valence-electron chi connectivity index (χ4n) is 3.40. The first-order valence-corrected chi connectivity index (χ1v) is 8.89. The molecule has 2 aromatic carbocycles. The Bertz CT molecular complexity index is 886. The third kappa shape index (κ3) is 2.69. The SMILES string of the molecule is O=C1c2cc(Cl)c(-c3c(O)cccc3F)c(Cl)c2OC[C@H]2CNCCN12. The maximum Gasteiger partial charge on any atom is 0.258 e. The van der Waals surface area contributed by atoms with Gasteiger partial charge >= 0.3 is 0 Å². The lowest BCUT2D eigenvalue weighted by Gasteiger charge is -2.33. The highest BCUT2D eigenvalue weighted by atomic mass is 35.5. The Balaban J connectivity index is 1.90. The van der Waals surface area contributed by atoms with Gasteiger partial charge in [0.1, 0.15) is 18.2 Å². The summed E-state index contributed by atoms with van der Waals surface area (Å²) >= 11 is 12.8. The minimum atomic E-state index is -0.671. The van der Waals surface area contributed by atoms with Crippen LogP contribution in [0.15, 0.2) is 24.3 Å². The fraction of sp³-hybridized carbons (Fsp3) is 0.278. The van der Waals surface area contributed by atoms with Gasteiger partial charge in [0.05, 0.1) is 27.2 Å². The van der Waals surface area contributed by atoms with Crippen LogP contribution in [0.3, 0.4) is 0 Å². The minimum absolute atomic E-state index is 0.00839. The zero-order chi connectivity index (χ0) is 18.4. The molecule has 1 saturated heterocycles. The highest BCUT2D eigenvalue weighted by molar-refractivity contribution is 6.41. The Hall–Kier alpha value is -2.02. The Morgan fingerprint density at radius 3 is 2.88 bits per heavy atom. The number of hydrogen-bond donors (Lipinski definition) is 2. The van der Waals surface area contributed by atoms with Gasteiger partial charge < -0.3 is 20.1 Å². The molecule has 0 aromatic heterocycles. The second kappa shape index (κ2) is 6.61. The smallest absolute Gasteiger partial charge is 0.258 e. The number of benzene rings is 2. The van der Waals surface area contributed by atoms with E-state index >= 15 is 0 Å². The van der Waals surface area contributed by atoms with Gasteiger partial charge in [0, 0.05) is 25.2 Å². The average Bonchev–Trinajstić information content (AvgIpc) is 2.75. The topological polar surface area (TPSA) is 61.8 Å². The van der Waals surface area contributed by atoms with E-state index < -0.39 is 5.82 Å². The largest absolute Gasteiger partial charge is 0.507 e. The summed E-state index contributed by atoms with van der Waals surface area (Å²) in [5, 5.41) is 13.4. The molecule has 4 rings (SSSR count). The van der Waals surface area contributed by atoms with E-state index in [1.807, 2.05) is 0 Å². The summed E-state index contributed by atoms with van der Waals surface area (Å²) in [4.78, 5) is 14.7. The summed E-state index contributed by atoms with van der Waals surface area (Å²) in [5.74, 6) is -1.03. The third-order valence-electron chi connectivity index (χ3n) is 4.68. The van der Waals surface area contributed by atoms with E-state index in [1.54, 1.807) is 4.90 Å². The number of rotatable bonds is 1. The number of phenols is 1. The van der Waals surface area contributed by atoms with Gasteiger partial charge in [0.2, 0.25) is 0 Å². The molecular weight excluding hydrogens is 382 g/mol. The predicted octanol–water partition coefficient (Wildman–Crippen LogP) is 3.31. The van der Waals surface area contributed by atoms with Crippen molar-refractivity contribution < 1.29 is 19.0 Å². The number of nitrogens with one attached hydrogen (secondary N) is 1. The molecule has 1 amide bonds. The maximum absolute atomic E-state index is 14.3. The van der Waals surface area contributed by atoms with E-state index in [2.05, 4.69) is 5.32 Å². The molecule has 0 spiro atoms. The van der Waals surface area contributed by atoms with Crippen molar-refractivity contribution in [3.8, 4) is 22.6 Å². The first kappa shape index (κ1) is 17.4. The van der Waals surface area contributed by atoms with E-state index in [-0.39, 0.29) is 56.8 Å². The van der Waals surface area contributed by atoms with Crippen LogP contribution in [-0.2, 0) is 0 Å². The molecule has 0 aliphatic carbocycles. The fourth-order valence-corrected chi connectivity index (χ4v) is 4.10. The van der Waals surface area contributed by atoms with Crippen LogP contribution in [0.1, 0.15) is 10.4 Å². The molecule has 2 N–H and O–H groups in total. The highest BCUT2D eigenvalue weighted by Gasteiger charge is 2.35. The van der Waals surface area contributed by atoms with Crippen LogP contribution in [0, 0.1) is 5.82 Å². The zero-order valence-corrected chi connectivity index (χ0v) is 15.1. The monoisotopic (exact) mass is 396 g/mol. The number of hydrogen-bond acceptors (Lipinski definition) is 4. The molecule has 2 aliphatic heterocycles. The van der Waals surface area contributed by atoms with Gasteiger partial charge in [-0.25, -0.2) is 4.39 Å². The van der Waals surface area contributed by atoms with Crippen LogP contribution in [0.4, 0.5) is 4.39 Å². The second-order valence-corrected chi connectivity index (χ2v) is 7.01. The normalized spacial score (nSPS) is 19.4. The van der Waals surface area contributed by atoms with E-state index in [9.17, 15) is 14.3 Å². The molecule has 2 aromatic rings. The van der Waals surface area contributed by atoms with Crippen molar-refractivity contribution in [2.45, 2.75) is 6.04 Å². The van der Waals surface area contributed by atoms with E-state index in [1.165, 1.54) is 24.3 Å². The van der Waals surface area contributed by atoms with Crippen LogP contribution in [0.5, 0.6) is 11.5 Å². The van der Waals surface area contributed by atoms with Crippen LogP contribution < -0.4 is 10.1 Å². The van der Waals surface area contributed by atoms with Gasteiger partial charge in [0.25, 0.3) is 5.91 Å². The van der Waals surface area contributed by atoms with Gasteiger partial charge in [-0.05, 0) is 18.2 Å². The quantitative estimate of drug-likeness (QED) is 0.775. The maximum atomic E-state index is 14.3. The number of carbonyl (C=O) groups is 1. The molecule has 26 heavy (non-hydrogen) atoms. The number of fused-ring (bicyclic) bond motifs is 2. The first-order valence-electron chi connectivity index (χ1n) is 8.13. The number of aromatic hydroxyl groups is 1. The van der Waals surface area contributed by atoms with Gasteiger partial charge in [0.15, 0.2) is 5.75 Å². The van der Waals surface area contributed by atoms with E-state index in [0.717, 1.165) is 0 Å². The lowest BCUT2D eigenvalue weighted by molar-refractivity contribution is 0.0606. The summed E-state index contributed by atoms with van der Waals surface area (Å²) in [6.07, 6.45) is 0. The molecule has 136 valence electrons. The molecule has 8 heteroatoms. The summed E-state index contributed by atoms with van der Waals surface area (Å²) in [6, 6.07) is 5.23. The van der Waals surface area contributed by atoms with E-state index in [4.69, 9.17) is 27.9 Å². The zero-order valence-electron chi connectivity index (χ0n) is 13.6. The van der Waals surface area contributed by atoms with Crippen molar-refractivity contribution in [2.75, 3.05) is 26.2 Å². The lowest BCUT2D eigenvalue weighted by Crippen LogP contribution is -2.54. The van der Waals surface area contributed by atoms with Crippen molar-refractivity contribution >= 4 is 29.1 Å². The number of piperazine rings is 1.